The van der Waals surface area contributed by atoms with Gasteiger partial charge in [0.1, 0.15) is 23.9 Å². The van der Waals surface area contributed by atoms with Crippen molar-refractivity contribution >= 4 is 39.1 Å². The maximum absolute atomic E-state index is 13.1. The summed E-state index contributed by atoms with van der Waals surface area (Å²) in [5.74, 6) is 1.03. The number of hydrogen-bond donors (Lipinski definition) is 1. The number of fused-ring (bicyclic) bond motifs is 2. The van der Waals surface area contributed by atoms with Crippen LogP contribution in [0.2, 0.25) is 0 Å². The largest absolute Gasteiger partial charge is 0.424 e. The average molecular weight is 516 g/mol. The first kappa shape index (κ1) is 25.6. The topological polar surface area (TPSA) is 123 Å². The molecule has 4 aromatic rings. The Hall–Kier alpha value is -4.05. The van der Waals surface area contributed by atoms with Gasteiger partial charge >= 0.3 is 5.63 Å². The van der Waals surface area contributed by atoms with Gasteiger partial charge in [0.2, 0.25) is 5.91 Å². The third-order valence-corrected chi connectivity index (χ3v) is 7.18. The third kappa shape index (κ3) is 4.67. The summed E-state index contributed by atoms with van der Waals surface area (Å²) < 4.78 is 7.75. The lowest BCUT2D eigenvalue weighted by Crippen LogP contribution is -2.35. The molecule has 1 aliphatic heterocycles. The molecule has 0 radical (unpaired) electrons. The first-order valence-electron chi connectivity index (χ1n) is 12.9. The fourth-order valence-corrected chi connectivity index (χ4v) is 5.22. The number of anilines is 1. The second kappa shape index (κ2) is 10.4. The van der Waals surface area contributed by atoms with Crippen LogP contribution in [0.3, 0.4) is 0 Å². The van der Waals surface area contributed by atoms with E-state index in [1.54, 1.807) is 10.7 Å². The molecule has 10 nitrogen and oxygen atoms in total. The lowest BCUT2D eigenvalue weighted by atomic mass is 9.92. The van der Waals surface area contributed by atoms with Crippen LogP contribution < -0.4 is 11.4 Å². The van der Waals surface area contributed by atoms with Crippen LogP contribution in [-0.4, -0.2) is 69.2 Å². The second-order valence-electron chi connectivity index (χ2n) is 10.1. The first-order valence-corrected chi connectivity index (χ1v) is 12.9. The van der Waals surface area contributed by atoms with Gasteiger partial charge in [-0.1, -0.05) is 24.3 Å². The Morgan fingerprint density at radius 2 is 1.97 bits per heavy atom. The normalized spacial score (nSPS) is 14.9. The second-order valence-corrected chi connectivity index (χ2v) is 10.1. The van der Waals surface area contributed by atoms with E-state index in [1.807, 2.05) is 51.0 Å². The average Bonchev–Trinajstić information content (AvgIpc) is 3.25. The number of carbonyl (C=O) groups excluding carboxylic acids is 1. The smallest absolute Gasteiger partial charge is 0.343 e. The summed E-state index contributed by atoms with van der Waals surface area (Å²) in [7, 11) is 4.02. The van der Waals surface area contributed by atoms with Crippen LogP contribution in [0, 0.1) is 6.92 Å². The van der Waals surface area contributed by atoms with E-state index in [9.17, 15) is 9.59 Å². The van der Waals surface area contributed by atoms with Crippen molar-refractivity contribution in [1.82, 2.24) is 29.5 Å². The number of nitrogens with two attached hydrogens (primary N) is 1. The van der Waals surface area contributed by atoms with Crippen LogP contribution >= 0.6 is 0 Å². The highest BCUT2D eigenvalue weighted by molar-refractivity contribution is 5.94. The van der Waals surface area contributed by atoms with Gasteiger partial charge in [0.25, 0.3) is 0 Å². The molecule has 0 bridgehead atoms. The predicted molar refractivity (Wildman–Crippen MR) is 148 cm³/mol. The zero-order chi connectivity index (χ0) is 27.0. The third-order valence-electron chi connectivity index (χ3n) is 7.18. The van der Waals surface area contributed by atoms with Gasteiger partial charge in [-0.2, -0.15) is 5.10 Å². The number of hydrogen-bond acceptors (Lipinski definition) is 8. The number of nitrogen functional groups attached to an aromatic ring is 1. The molecule has 2 N–H and O–H groups in total. The maximum atomic E-state index is 13.1. The zero-order valence-corrected chi connectivity index (χ0v) is 22.3. The number of amides is 1. The Labute approximate surface area is 220 Å². The Balaban J connectivity index is 1.56. The number of benzene rings is 1. The van der Waals surface area contributed by atoms with Crippen molar-refractivity contribution in [3.8, 4) is 0 Å². The zero-order valence-electron chi connectivity index (χ0n) is 22.3. The van der Waals surface area contributed by atoms with Crippen molar-refractivity contribution in [2.75, 3.05) is 39.5 Å². The van der Waals surface area contributed by atoms with Crippen molar-refractivity contribution < 1.29 is 9.21 Å². The minimum Gasteiger partial charge on any atom is -0.424 e. The van der Waals surface area contributed by atoms with Crippen molar-refractivity contribution in [2.45, 2.75) is 39.2 Å². The molecule has 0 spiro atoms. The minimum absolute atomic E-state index is 0.163. The highest BCUT2D eigenvalue weighted by Crippen LogP contribution is 2.36. The number of rotatable bonds is 7. The number of aromatic nitrogens is 4. The molecule has 0 saturated heterocycles. The van der Waals surface area contributed by atoms with Gasteiger partial charge in [0, 0.05) is 25.1 Å². The van der Waals surface area contributed by atoms with Crippen LogP contribution in [0.25, 0.3) is 27.4 Å². The van der Waals surface area contributed by atoms with E-state index >= 15 is 0 Å². The van der Waals surface area contributed by atoms with E-state index in [0.717, 1.165) is 29.5 Å². The van der Waals surface area contributed by atoms with Gasteiger partial charge in [-0.3, -0.25) is 4.79 Å². The van der Waals surface area contributed by atoms with Crippen LogP contribution in [0.4, 0.5) is 5.82 Å². The molecule has 1 aliphatic rings. The summed E-state index contributed by atoms with van der Waals surface area (Å²) in [6, 6.07) is 7.04. The molecule has 198 valence electrons. The number of carbonyl (C=O) groups is 1. The fraction of sp³-hybridized carbons (Fsp3) is 0.393. The number of aryl methyl sites for hydroxylation is 1. The van der Waals surface area contributed by atoms with Gasteiger partial charge in [-0.05, 0) is 64.4 Å². The lowest BCUT2D eigenvalue weighted by molar-refractivity contribution is -0.130. The summed E-state index contributed by atoms with van der Waals surface area (Å²) in [6.07, 6.45) is 5.51. The molecule has 0 fully saturated rings. The SMILES string of the molecule is Cc1nn(C(C)c2oc(=O)c3ccccc3c2C2=CCN(C(=O)CCCN(C)C)CC2)c2ncnc(N)c12. The Kier molecular flexibility index (Phi) is 6.98. The van der Waals surface area contributed by atoms with Crippen molar-refractivity contribution in [1.29, 1.82) is 0 Å². The molecule has 0 saturated carbocycles. The Bertz CT molecular complexity index is 1600. The molecular formula is C28H33N7O3. The van der Waals surface area contributed by atoms with Gasteiger partial charge in [0.05, 0.1) is 16.5 Å². The maximum Gasteiger partial charge on any atom is 0.343 e. The first-order chi connectivity index (χ1) is 18.3. The molecule has 4 heterocycles. The summed E-state index contributed by atoms with van der Waals surface area (Å²) >= 11 is 0. The van der Waals surface area contributed by atoms with Gasteiger partial charge in [-0.15, -0.1) is 0 Å². The molecule has 1 amide bonds. The van der Waals surface area contributed by atoms with Crippen molar-refractivity contribution in [3.05, 3.63) is 64.1 Å². The van der Waals surface area contributed by atoms with Crippen molar-refractivity contribution in [2.24, 2.45) is 0 Å². The van der Waals surface area contributed by atoms with E-state index in [4.69, 9.17) is 15.2 Å². The summed E-state index contributed by atoms with van der Waals surface area (Å²) in [5, 5.41) is 6.73. The van der Waals surface area contributed by atoms with Crippen LogP contribution in [0.5, 0.6) is 0 Å². The summed E-state index contributed by atoms with van der Waals surface area (Å²) in [4.78, 5) is 38.4. The molecule has 0 aliphatic carbocycles. The highest BCUT2D eigenvalue weighted by Gasteiger charge is 2.28. The van der Waals surface area contributed by atoms with E-state index in [2.05, 4.69) is 20.9 Å². The van der Waals surface area contributed by atoms with Crippen molar-refractivity contribution in [3.63, 3.8) is 0 Å². The lowest BCUT2D eigenvalue weighted by Gasteiger charge is -2.28. The monoisotopic (exact) mass is 515 g/mol. The molecule has 1 atom stereocenters. The van der Waals surface area contributed by atoms with E-state index < -0.39 is 11.7 Å². The quantitative estimate of drug-likeness (QED) is 0.397. The van der Waals surface area contributed by atoms with Gasteiger partial charge < -0.3 is 20.0 Å². The Morgan fingerprint density at radius 1 is 1.21 bits per heavy atom. The van der Waals surface area contributed by atoms with Crippen LogP contribution in [0.15, 0.2) is 45.9 Å². The van der Waals surface area contributed by atoms with E-state index in [1.165, 1.54) is 6.33 Å². The van der Waals surface area contributed by atoms with Gasteiger partial charge in [0.15, 0.2) is 5.65 Å². The van der Waals surface area contributed by atoms with E-state index in [-0.39, 0.29) is 5.91 Å². The molecule has 3 aromatic heterocycles. The minimum atomic E-state index is -0.445. The molecule has 5 rings (SSSR count). The fourth-order valence-electron chi connectivity index (χ4n) is 5.22. The Morgan fingerprint density at radius 3 is 2.68 bits per heavy atom. The standard InChI is InChI=1S/C28H33N7O3/c1-17-23-26(29)30-16-31-27(23)35(32-17)18(2)25-24(20-8-5-6-9-21(20)28(37)38-25)19-11-14-34(15-12-19)22(36)10-7-13-33(3)4/h5-6,8-9,11,16,18H,7,10,12-15H2,1-4H3,(H2,29,30,31). The molecule has 1 unspecified atom stereocenters. The molecule has 10 heteroatoms. The molecular weight excluding hydrogens is 482 g/mol. The van der Waals surface area contributed by atoms with Gasteiger partial charge in [-0.25, -0.2) is 19.4 Å². The van der Waals surface area contributed by atoms with Crippen LogP contribution in [-0.2, 0) is 4.79 Å². The van der Waals surface area contributed by atoms with Crippen LogP contribution in [0.1, 0.15) is 49.2 Å². The molecule has 38 heavy (non-hydrogen) atoms. The molecule has 1 aromatic carbocycles. The summed E-state index contributed by atoms with van der Waals surface area (Å²) in [5.41, 5.74) is 8.92. The summed E-state index contributed by atoms with van der Waals surface area (Å²) in [6.45, 7) is 5.81. The van der Waals surface area contributed by atoms with E-state index in [0.29, 0.717) is 59.6 Å². The predicted octanol–water partition coefficient (Wildman–Crippen LogP) is 3.39. The number of nitrogens with zero attached hydrogens (tertiary/aromatic N) is 6. The highest BCUT2D eigenvalue weighted by atomic mass is 16.4.